The monoisotopic (exact) mass is 302 g/mol. The first-order valence-electron chi connectivity index (χ1n) is 7.20. The first kappa shape index (κ1) is 14.1. The molecule has 1 aromatic carbocycles. The van der Waals surface area contributed by atoms with E-state index in [-0.39, 0.29) is 11.2 Å². The molecule has 1 aliphatic rings. The van der Waals surface area contributed by atoms with Crippen molar-refractivity contribution in [3.8, 4) is 0 Å². The number of carbonyl (C=O) groups excluding carboxylic acids is 1. The van der Waals surface area contributed by atoms with Crippen LogP contribution in [-0.2, 0) is 4.79 Å². The van der Waals surface area contributed by atoms with Crippen molar-refractivity contribution >= 4 is 17.7 Å². The Labute approximate surface area is 127 Å². The molecule has 1 aliphatic carbocycles. The molecule has 110 valence electrons. The minimum atomic E-state index is -0.295. The predicted molar refractivity (Wildman–Crippen MR) is 81.8 cm³/mol. The Balaban J connectivity index is 1.76. The maximum atomic E-state index is 12.6. The van der Waals surface area contributed by atoms with E-state index < -0.39 is 0 Å². The number of benzene rings is 1. The Morgan fingerprint density at radius 1 is 1.29 bits per heavy atom. The van der Waals surface area contributed by atoms with Crippen LogP contribution in [0.15, 0.2) is 41.6 Å². The van der Waals surface area contributed by atoms with Gasteiger partial charge in [0.25, 0.3) is 0 Å². The van der Waals surface area contributed by atoms with E-state index in [1.807, 2.05) is 30.3 Å². The van der Waals surface area contributed by atoms with Crippen LogP contribution in [0.3, 0.4) is 0 Å². The number of aromatic nitrogens is 3. The van der Waals surface area contributed by atoms with Crippen LogP contribution < -0.4 is 5.32 Å². The number of rotatable bonds is 5. The standard InChI is InChI=1S/C15H18N4OS/c20-15(17-12-8-4-5-9-12)14(11-6-2-1-3-7-11)21-13-10-16-19-18-13/h1-3,6-7,10,12,14H,4-5,8-9H2,(H,17,20)(H,16,18,19). The number of hydrogen-bond donors (Lipinski definition) is 2. The fraction of sp³-hybridized carbons (Fsp3) is 0.400. The lowest BCUT2D eigenvalue weighted by Gasteiger charge is -2.19. The molecule has 0 aliphatic heterocycles. The van der Waals surface area contributed by atoms with E-state index in [0.717, 1.165) is 23.4 Å². The Hall–Kier alpha value is -1.82. The molecule has 2 N–H and O–H groups in total. The normalized spacial score (nSPS) is 16.8. The van der Waals surface area contributed by atoms with Gasteiger partial charge in [0.1, 0.15) is 10.3 Å². The number of nitrogens with one attached hydrogen (secondary N) is 2. The first-order chi connectivity index (χ1) is 10.3. The third-order valence-corrected chi connectivity index (χ3v) is 4.83. The molecular weight excluding hydrogens is 284 g/mol. The fourth-order valence-corrected chi connectivity index (χ4v) is 3.53. The number of nitrogens with zero attached hydrogens (tertiary/aromatic N) is 2. The van der Waals surface area contributed by atoms with Crippen LogP contribution in [0.1, 0.15) is 36.5 Å². The summed E-state index contributed by atoms with van der Waals surface area (Å²) in [5, 5.41) is 14.0. The van der Waals surface area contributed by atoms with Crippen molar-refractivity contribution in [1.29, 1.82) is 0 Å². The van der Waals surface area contributed by atoms with Gasteiger partial charge in [0.15, 0.2) is 0 Å². The number of amides is 1. The summed E-state index contributed by atoms with van der Waals surface area (Å²) in [6.45, 7) is 0. The molecule has 2 aromatic rings. The summed E-state index contributed by atoms with van der Waals surface area (Å²) >= 11 is 1.42. The molecule has 0 bridgehead atoms. The Morgan fingerprint density at radius 3 is 2.71 bits per heavy atom. The first-order valence-corrected chi connectivity index (χ1v) is 8.08. The van der Waals surface area contributed by atoms with Gasteiger partial charge in [0.05, 0.1) is 6.20 Å². The number of H-pyrrole nitrogens is 1. The van der Waals surface area contributed by atoms with E-state index in [1.165, 1.54) is 24.6 Å². The molecule has 5 nitrogen and oxygen atoms in total. The van der Waals surface area contributed by atoms with Crippen LogP contribution in [0.4, 0.5) is 0 Å². The van der Waals surface area contributed by atoms with Crippen LogP contribution >= 0.6 is 11.8 Å². The van der Waals surface area contributed by atoms with Gasteiger partial charge < -0.3 is 5.32 Å². The summed E-state index contributed by atoms with van der Waals surface area (Å²) in [6, 6.07) is 10.1. The average molecular weight is 302 g/mol. The van der Waals surface area contributed by atoms with Crippen molar-refractivity contribution in [3.05, 3.63) is 42.1 Å². The molecule has 1 heterocycles. The summed E-state index contributed by atoms with van der Waals surface area (Å²) in [5.74, 6) is 0.0566. The van der Waals surface area contributed by atoms with Gasteiger partial charge in [-0.15, -0.1) is 5.10 Å². The van der Waals surface area contributed by atoms with Crippen LogP contribution in [0.25, 0.3) is 0 Å². The Bertz CT molecular complexity index is 567. The zero-order chi connectivity index (χ0) is 14.5. The van der Waals surface area contributed by atoms with Crippen molar-refractivity contribution in [1.82, 2.24) is 20.7 Å². The molecule has 1 saturated carbocycles. The molecule has 0 saturated heterocycles. The molecule has 21 heavy (non-hydrogen) atoms. The molecule has 1 fully saturated rings. The van der Waals surface area contributed by atoms with E-state index in [0.29, 0.717) is 6.04 Å². The molecular formula is C15H18N4OS. The maximum absolute atomic E-state index is 12.6. The van der Waals surface area contributed by atoms with Crippen molar-refractivity contribution in [2.24, 2.45) is 0 Å². The highest BCUT2D eigenvalue weighted by atomic mass is 32.2. The SMILES string of the molecule is O=C(NC1CCCC1)C(Sc1cn[nH]n1)c1ccccc1. The maximum Gasteiger partial charge on any atom is 0.238 e. The number of hydrogen-bond acceptors (Lipinski definition) is 4. The number of carbonyl (C=O) groups is 1. The summed E-state index contributed by atoms with van der Waals surface area (Å²) in [4.78, 5) is 12.6. The molecule has 1 aromatic heterocycles. The molecule has 1 unspecified atom stereocenters. The van der Waals surface area contributed by atoms with Gasteiger partial charge in [0, 0.05) is 6.04 Å². The Morgan fingerprint density at radius 2 is 2.05 bits per heavy atom. The minimum absolute atomic E-state index is 0.0566. The summed E-state index contributed by atoms with van der Waals surface area (Å²) in [5.41, 5.74) is 0.987. The van der Waals surface area contributed by atoms with Gasteiger partial charge in [-0.3, -0.25) is 4.79 Å². The lowest BCUT2D eigenvalue weighted by Crippen LogP contribution is -2.35. The lowest BCUT2D eigenvalue weighted by atomic mass is 10.1. The van der Waals surface area contributed by atoms with Crippen LogP contribution in [-0.4, -0.2) is 27.4 Å². The summed E-state index contributed by atoms with van der Waals surface area (Å²) < 4.78 is 0. The second-order valence-electron chi connectivity index (χ2n) is 5.21. The molecule has 1 amide bonds. The highest BCUT2D eigenvalue weighted by molar-refractivity contribution is 8.00. The van der Waals surface area contributed by atoms with Gasteiger partial charge in [-0.25, -0.2) is 0 Å². The van der Waals surface area contributed by atoms with Crippen LogP contribution in [0.5, 0.6) is 0 Å². The second kappa shape index (κ2) is 6.76. The molecule has 0 radical (unpaired) electrons. The van der Waals surface area contributed by atoms with Crippen LogP contribution in [0, 0.1) is 0 Å². The third-order valence-electron chi connectivity index (χ3n) is 3.67. The average Bonchev–Trinajstić information content (AvgIpc) is 3.19. The zero-order valence-corrected chi connectivity index (χ0v) is 12.5. The quantitative estimate of drug-likeness (QED) is 0.833. The molecule has 6 heteroatoms. The minimum Gasteiger partial charge on any atom is -0.352 e. The van der Waals surface area contributed by atoms with Gasteiger partial charge in [-0.2, -0.15) is 10.3 Å². The molecule has 3 rings (SSSR count). The van der Waals surface area contributed by atoms with E-state index >= 15 is 0 Å². The van der Waals surface area contributed by atoms with Crippen molar-refractivity contribution in [3.63, 3.8) is 0 Å². The number of aromatic amines is 1. The van der Waals surface area contributed by atoms with Crippen molar-refractivity contribution < 1.29 is 4.79 Å². The van der Waals surface area contributed by atoms with Crippen molar-refractivity contribution in [2.75, 3.05) is 0 Å². The Kier molecular flexibility index (Phi) is 4.55. The number of thioether (sulfide) groups is 1. The lowest BCUT2D eigenvalue weighted by molar-refractivity contribution is -0.121. The van der Waals surface area contributed by atoms with E-state index in [4.69, 9.17) is 0 Å². The third kappa shape index (κ3) is 3.64. The summed E-state index contributed by atoms with van der Waals surface area (Å²) in [6.07, 6.45) is 6.22. The van der Waals surface area contributed by atoms with E-state index in [1.54, 1.807) is 6.20 Å². The topological polar surface area (TPSA) is 70.7 Å². The van der Waals surface area contributed by atoms with Gasteiger partial charge in [0.2, 0.25) is 5.91 Å². The highest BCUT2D eigenvalue weighted by Crippen LogP contribution is 2.34. The van der Waals surface area contributed by atoms with Gasteiger partial charge in [-0.05, 0) is 18.4 Å². The second-order valence-corrected chi connectivity index (χ2v) is 6.33. The zero-order valence-electron chi connectivity index (χ0n) is 11.7. The van der Waals surface area contributed by atoms with Crippen molar-refractivity contribution in [2.45, 2.75) is 42.0 Å². The predicted octanol–water partition coefficient (Wildman–Crippen LogP) is 2.70. The summed E-state index contributed by atoms with van der Waals surface area (Å²) in [7, 11) is 0. The molecule has 1 atom stereocenters. The van der Waals surface area contributed by atoms with E-state index in [9.17, 15) is 4.79 Å². The fourth-order valence-electron chi connectivity index (χ4n) is 2.62. The van der Waals surface area contributed by atoms with Gasteiger partial charge >= 0.3 is 0 Å². The van der Waals surface area contributed by atoms with Gasteiger partial charge in [-0.1, -0.05) is 54.9 Å². The largest absolute Gasteiger partial charge is 0.352 e. The highest BCUT2D eigenvalue weighted by Gasteiger charge is 2.26. The molecule has 0 spiro atoms. The van der Waals surface area contributed by atoms with E-state index in [2.05, 4.69) is 20.7 Å². The van der Waals surface area contributed by atoms with Crippen LogP contribution in [0.2, 0.25) is 0 Å². The smallest absolute Gasteiger partial charge is 0.238 e.